The van der Waals surface area contributed by atoms with Gasteiger partial charge < -0.3 is 0 Å². The Morgan fingerprint density at radius 1 is 1.18 bits per heavy atom. The number of hydrogen-bond acceptors (Lipinski definition) is 0. The van der Waals surface area contributed by atoms with Gasteiger partial charge in [0.05, 0.1) is 0 Å². The van der Waals surface area contributed by atoms with Gasteiger partial charge in [-0.3, -0.25) is 0 Å². The van der Waals surface area contributed by atoms with E-state index in [2.05, 4.69) is 19.6 Å². The average Bonchev–Trinajstić information content (AvgIpc) is 2.15. The smallest absolute Gasteiger partial charge is 0.0291 e. The lowest BCUT2D eigenvalue weighted by Crippen LogP contribution is -2.13. The van der Waals surface area contributed by atoms with E-state index < -0.39 is 0 Å². The molecule has 1 aliphatic carbocycles. The molecule has 0 nitrogen and oxygen atoms in total. The van der Waals surface area contributed by atoms with Crippen LogP contribution in [-0.4, -0.2) is 0 Å². The summed E-state index contributed by atoms with van der Waals surface area (Å²) in [6.45, 7) is 6.25. The lowest BCUT2D eigenvalue weighted by atomic mass is 9.80. The Morgan fingerprint density at radius 3 is 2.18 bits per heavy atom. The van der Waals surface area contributed by atoms with Gasteiger partial charge >= 0.3 is 0 Å². The summed E-state index contributed by atoms with van der Waals surface area (Å²) in [5, 5.41) is 0. The molecule has 0 unspecified atom stereocenters. The Morgan fingerprint density at radius 2 is 1.73 bits per heavy atom. The van der Waals surface area contributed by atoms with Gasteiger partial charge in [-0.2, -0.15) is 0 Å². The van der Waals surface area contributed by atoms with Crippen LogP contribution in [0.4, 0.5) is 0 Å². The molecule has 0 aromatic heterocycles. The van der Waals surface area contributed by atoms with Crippen molar-refractivity contribution in [2.24, 2.45) is 5.41 Å². The number of hydrogen-bond donors (Lipinski definition) is 0. The monoisotopic (exact) mass is 152 g/mol. The van der Waals surface area contributed by atoms with Gasteiger partial charge in [0.1, 0.15) is 0 Å². The predicted octanol–water partition coefficient (Wildman–Crippen LogP) is 3.92. The standard InChI is InChI=1S/C11H20/c1-3-8-11(2)9-6-4-5-7-10-11/h3H,1,4-10H2,2H3. The van der Waals surface area contributed by atoms with Gasteiger partial charge in [0, 0.05) is 0 Å². The molecular formula is C11H20. The van der Waals surface area contributed by atoms with Crippen LogP contribution in [0.2, 0.25) is 0 Å². The molecule has 0 heteroatoms. The third-order valence-electron chi connectivity index (χ3n) is 2.95. The fourth-order valence-corrected chi connectivity index (χ4v) is 2.13. The van der Waals surface area contributed by atoms with Crippen molar-refractivity contribution >= 4 is 0 Å². The third kappa shape index (κ3) is 2.69. The van der Waals surface area contributed by atoms with Gasteiger partial charge in [0.25, 0.3) is 0 Å². The fraction of sp³-hybridized carbons (Fsp3) is 0.818. The van der Waals surface area contributed by atoms with Crippen molar-refractivity contribution in [1.82, 2.24) is 0 Å². The molecular weight excluding hydrogens is 132 g/mol. The second-order valence-electron chi connectivity index (χ2n) is 4.22. The predicted molar refractivity (Wildman–Crippen MR) is 50.6 cm³/mol. The molecule has 0 amide bonds. The Hall–Kier alpha value is -0.260. The first kappa shape index (κ1) is 8.83. The molecule has 1 rings (SSSR count). The molecule has 0 atom stereocenters. The van der Waals surface area contributed by atoms with Crippen molar-refractivity contribution in [3.05, 3.63) is 12.7 Å². The highest BCUT2D eigenvalue weighted by Crippen LogP contribution is 2.37. The van der Waals surface area contributed by atoms with Crippen molar-refractivity contribution < 1.29 is 0 Å². The van der Waals surface area contributed by atoms with Crippen molar-refractivity contribution in [3.8, 4) is 0 Å². The summed E-state index contributed by atoms with van der Waals surface area (Å²) in [5.41, 5.74) is 0.595. The highest BCUT2D eigenvalue weighted by molar-refractivity contribution is 4.84. The van der Waals surface area contributed by atoms with Crippen LogP contribution in [0.3, 0.4) is 0 Å². The zero-order valence-electron chi connectivity index (χ0n) is 7.73. The van der Waals surface area contributed by atoms with Crippen LogP contribution < -0.4 is 0 Å². The molecule has 0 N–H and O–H groups in total. The molecule has 0 aliphatic heterocycles. The summed E-state index contributed by atoms with van der Waals surface area (Å²) < 4.78 is 0. The minimum Gasteiger partial charge on any atom is -0.103 e. The first-order chi connectivity index (χ1) is 5.27. The van der Waals surface area contributed by atoms with Crippen LogP contribution in [0, 0.1) is 5.41 Å². The van der Waals surface area contributed by atoms with Crippen molar-refractivity contribution in [2.45, 2.75) is 51.9 Å². The normalized spacial score (nSPS) is 24.1. The van der Waals surface area contributed by atoms with E-state index in [9.17, 15) is 0 Å². The minimum atomic E-state index is 0.595. The quantitative estimate of drug-likeness (QED) is 0.415. The van der Waals surface area contributed by atoms with Gasteiger partial charge in [-0.1, -0.05) is 38.7 Å². The van der Waals surface area contributed by atoms with E-state index in [0.29, 0.717) is 5.41 Å². The molecule has 0 heterocycles. The molecule has 0 aromatic rings. The Balaban J connectivity index is 2.44. The van der Waals surface area contributed by atoms with Crippen LogP contribution in [-0.2, 0) is 0 Å². The van der Waals surface area contributed by atoms with E-state index in [1.807, 2.05) is 0 Å². The van der Waals surface area contributed by atoms with Crippen LogP contribution in [0.25, 0.3) is 0 Å². The van der Waals surface area contributed by atoms with Gasteiger partial charge in [-0.05, 0) is 24.7 Å². The van der Waals surface area contributed by atoms with E-state index in [1.165, 1.54) is 44.9 Å². The molecule has 1 fully saturated rings. The van der Waals surface area contributed by atoms with E-state index >= 15 is 0 Å². The Bertz CT molecular complexity index is 116. The zero-order chi connectivity index (χ0) is 8.16. The number of rotatable bonds is 2. The molecule has 0 saturated heterocycles. The second kappa shape index (κ2) is 3.94. The molecule has 0 radical (unpaired) electrons. The zero-order valence-corrected chi connectivity index (χ0v) is 7.73. The molecule has 1 aliphatic rings. The lowest BCUT2D eigenvalue weighted by molar-refractivity contribution is 0.281. The summed E-state index contributed by atoms with van der Waals surface area (Å²) in [6, 6.07) is 0. The summed E-state index contributed by atoms with van der Waals surface area (Å²) in [4.78, 5) is 0. The highest BCUT2D eigenvalue weighted by atomic mass is 14.3. The highest BCUT2D eigenvalue weighted by Gasteiger charge is 2.23. The van der Waals surface area contributed by atoms with Gasteiger partial charge in [0.15, 0.2) is 0 Å². The van der Waals surface area contributed by atoms with Gasteiger partial charge in [-0.15, -0.1) is 6.58 Å². The lowest BCUT2D eigenvalue weighted by Gasteiger charge is -2.26. The maximum absolute atomic E-state index is 3.83. The maximum atomic E-state index is 3.83. The molecule has 11 heavy (non-hydrogen) atoms. The molecule has 0 spiro atoms. The van der Waals surface area contributed by atoms with Gasteiger partial charge in [-0.25, -0.2) is 0 Å². The topological polar surface area (TPSA) is 0 Å². The Labute approximate surface area is 70.7 Å². The second-order valence-corrected chi connectivity index (χ2v) is 4.22. The van der Waals surface area contributed by atoms with Gasteiger partial charge in [0.2, 0.25) is 0 Å². The van der Waals surface area contributed by atoms with E-state index in [4.69, 9.17) is 0 Å². The number of allylic oxidation sites excluding steroid dienone is 1. The third-order valence-corrected chi connectivity index (χ3v) is 2.95. The van der Waals surface area contributed by atoms with Crippen LogP contribution in [0.5, 0.6) is 0 Å². The van der Waals surface area contributed by atoms with Crippen molar-refractivity contribution in [2.75, 3.05) is 0 Å². The largest absolute Gasteiger partial charge is 0.103 e. The summed E-state index contributed by atoms with van der Waals surface area (Å²) in [6.07, 6.45) is 11.9. The average molecular weight is 152 g/mol. The maximum Gasteiger partial charge on any atom is -0.0291 e. The fourth-order valence-electron chi connectivity index (χ4n) is 2.13. The van der Waals surface area contributed by atoms with Crippen LogP contribution in [0.15, 0.2) is 12.7 Å². The molecule has 0 aromatic carbocycles. The Kier molecular flexibility index (Phi) is 3.16. The first-order valence-corrected chi connectivity index (χ1v) is 4.88. The summed E-state index contributed by atoms with van der Waals surface area (Å²) in [5.74, 6) is 0. The molecule has 0 bridgehead atoms. The molecule has 1 saturated carbocycles. The van der Waals surface area contributed by atoms with Crippen LogP contribution in [0.1, 0.15) is 51.9 Å². The summed E-state index contributed by atoms with van der Waals surface area (Å²) in [7, 11) is 0. The van der Waals surface area contributed by atoms with E-state index in [-0.39, 0.29) is 0 Å². The van der Waals surface area contributed by atoms with E-state index in [0.717, 1.165) is 0 Å². The van der Waals surface area contributed by atoms with Crippen molar-refractivity contribution in [3.63, 3.8) is 0 Å². The van der Waals surface area contributed by atoms with Crippen molar-refractivity contribution in [1.29, 1.82) is 0 Å². The minimum absolute atomic E-state index is 0.595. The van der Waals surface area contributed by atoms with E-state index in [1.54, 1.807) is 0 Å². The van der Waals surface area contributed by atoms with Crippen LogP contribution >= 0.6 is 0 Å². The molecule has 64 valence electrons. The first-order valence-electron chi connectivity index (χ1n) is 4.88. The SMILES string of the molecule is C=CCC1(C)CCCCCC1. The summed E-state index contributed by atoms with van der Waals surface area (Å²) >= 11 is 0.